The van der Waals surface area contributed by atoms with Gasteiger partial charge in [-0.15, -0.1) is 36.2 Å². The lowest BCUT2D eigenvalue weighted by molar-refractivity contribution is -0.124. The maximum Gasteiger partial charge on any atom is 0.243 e. The van der Waals surface area contributed by atoms with Crippen molar-refractivity contribution in [2.45, 2.75) is 44.7 Å². The van der Waals surface area contributed by atoms with E-state index in [-0.39, 0.29) is 48.7 Å². The van der Waals surface area contributed by atoms with E-state index in [1.54, 1.807) is 6.20 Å². The lowest BCUT2D eigenvalue weighted by Gasteiger charge is -2.36. The Morgan fingerprint density at radius 2 is 2.19 bits per heavy atom. The van der Waals surface area contributed by atoms with E-state index < -0.39 is 0 Å². The Morgan fingerprint density at radius 3 is 2.85 bits per heavy atom. The molecule has 3 unspecified atom stereocenters. The molecule has 0 radical (unpaired) electrons. The van der Waals surface area contributed by atoms with Gasteiger partial charge < -0.3 is 16.0 Å². The first kappa shape index (κ1) is 24.1. The van der Waals surface area contributed by atoms with Crippen molar-refractivity contribution in [3.63, 3.8) is 0 Å². The third-order valence-electron chi connectivity index (χ3n) is 5.08. The van der Waals surface area contributed by atoms with Gasteiger partial charge in [-0.1, -0.05) is 0 Å². The molecule has 0 saturated carbocycles. The van der Waals surface area contributed by atoms with Crippen LogP contribution in [-0.2, 0) is 9.59 Å². The number of carbonyl (C=O) groups is 2. The fourth-order valence-corrected chi connectivity index (χ4v) is 4.08. The number of amides is 2. The van der Waals surface area contributed by atoms with Crippen molar-refractivity contribution in [2.75, 3.05) is 31.5 Å². The van der Waals surface area contributed by atoms with Crippen molar-refractivity contribution in [3.05, 3.63) is 11.6 Å². The SMILES string of the molecule is CC(C(=O)Nc1nccs1)N1CCCC(CNC(=O)C2CCCN2)C1.Cl.Cl. The second-order valence-electron chi connectivity index (χ2n) is 6.90. The van der Waals surface area contributed by atoms with Crippen molar-refractivity contribution < 1.29 is 9.59 Å². The van der Waals surface area contributed by atoms with Crippen molar-refractivity contribution in [1.82, 2.24) is 20.5 Å². The van der Waals surface area contributed by atoms with Crippen LogP contribution in [0.1, 0.15) is 32.6 Å². The molecule has 3 N–H and O–H groups in total. The van der Waals surface area contributed by atoms with Crippen LogP contribution in [0.15, 0.2) is 11.6 Å². The van der Waals surface area contributed by atoms with E-state index in [1.165, 1.54) is 11.3 Å². The molecule has 7 nitrogen and oxygen atoms in total. The molecule has 2 amide bonds. The lowest BCUT2D eigenvalue weighted by Crippen LogP contribution is -2.50. The highest BCUT2D eigenvalue weighted by molar-refractivity contribution is 7.13. The van der Waals surface area contributed by atoms with E-state index >= 15 is 0 Å². The quantitative estimate of drug-likeness (QED) is 0.632. The maximum atomic E-state index is 12.4. The van der Waals surface area contributed by atoms with Gasteiger partial charge in [-0.25, -0.2) is 4.98 Å². The van der Waals surface area contributed by atoms with Crippen LogP contribution in [0, 0.1) is 5.92 Å². The summed E-state index contributed by atoms with van der Waals surface area (Å²) in [4.78, 5) is 30.8. The van der Waals surface area contributed by atoms with Gasteiger partial charge in [0.25, 0.3) is 0 Å². The highest BCUT2D eigenvalue weighted by Gasteiger charge is 2.29. The largest absolute Gasteiger partial charge is 0.354 e. The Kier molecular flexibility index (Phi) is 10.5. The molecule has 1 aromatic heterocycles. The van der Waals surface area contributed by atoms with Gasteiger partial charge in [-0.05, 0) is 51.6 Å². The van der Waals surface area contributed by atoms with E-state index in [4.69, 9.17) is 0 Å². The zero-order valence-electron chi connectivity index (χ0n) is 15.5. The van der Waals surface area contributed by atoms with Crippen LogP contribution < -0.4 is 16.0 Å². The van der Waals surface area contributed by atoms with Gasteiger partial charge in [0.05, 0.1) is 12.1 Å². The minimum atomic E-state index is -0.195. The molecule has 0 bridgehead atoms. The van der Waals surface area contributed by atoms with Crippen LogP contribution in [-0.4, -0.2) is 60.0 Å². The summed E-state index contributed by atoms with van der Waals surface area (Å²) < 4.78 is 0. The highest BCUT2D eigenvalue weighted by Crippen LogP contribution is 2.19. The van der Waals surface area contributed by atoms with Crippen LogP contribution in [0.2, 0.25) is 0 Å². The molecule has 27 heavy (non-hydrogen) atoms. The first-order chi connectivity index (χ1) is 12.1. The highest BCUT2D eigenvalue weighted by atomic mass is 35.5. The summed E-state index contributed by atoms with van der Waals surface area (Å²) in [5.74, 6) is 0.494. The van der Waals surface area contributed by atoms with Gasteiger partial charge >= 0.3 is 0 Å². The lowest BCUT2D eigenvalue weighted by atomic mass is 9.96. The number of halogens is 2. The van der Waals surface area contributed by atoms with Gasteiger partial charge in [-0.2, -0.15) is 0 Å². The molecule has 3 rings (SSSR count). The molecule has 1 aromatic rings. The molecule has 3 heterocycles. The van der Waals surface area contributed by atoms with Crippen molar-refractivity contribution in [2.24, 2.45) is 5.92 Å². The number of hydrogen-bond donors (Lipinski definition) is 3. The van der Waals surface area contributed by atoms with Crippen LogP contribution in [0.3, 0.4) is 0 Å². The molecule has 2 fully saturated rings. The van der Waals surface area contributed by atoms with Gasteiger partial charge in [0.15, 0.2) is 5.13 Å². The molecule has 2 saturated heterocycles. The van der Waals surface area contributed by atoms with E-state index in [1.807, 2.05) is 12.3 Å². The summed E-state index contributed by atoms with van der Waals surface area (Å²) in [6, 6.07) is -0.221. The number of piperidine rings is 1. The molecule has 3 atom stereocenters. The predicted octanol–water partition coefficient (Wildman–Crippen LogP) is 1.89. The number of aromatic nitrogens is 1. The Morgan fingerprint density at radius 1 is 1.37 bits per heavy atom. The first-order valence-corrected chi connectivity index (χ1v) is 9.97. The molecule has 2 aliphatic rings. The molecule has 10 heteroatoms. The monoisotopic (exact) mass is 437 g/mol. The van der Waals surface area contributed by atoms with E-state index in [2.05, 4.69) is 25.8 Å². The van der Waals surface area contributed by atoms with E-state index in [0.717, 1.165) is 45.3 Å². The third-order valence-corrected chi connectivity index (χ3v) is 5.77. The standard InChI is InChI=1S/C17H27N5O2S.2ClH/c1-12(15(23)21-17-19-7-9-25-17)22-8-3-4-13(11-22)10-20-16(24)14-5-2-6-18-14;;/h7,9,12-14,18H,2-6,8,10-11H2,1H3,(H,20,24)(H,19,21,23);2*1H. The first-order valence-electron chi connectivity index (χ1n) is 9.09. The van der Waals surface area contributed by atoms with Crippen molar-refractivity contribution >= 4 is 53.1 Å². The van der Waals surface area contributed by atoms with E-state index in [0.29, 0.717) is 17.6 Å². The van der Waals surface area contributed by atoms with Crippen LogP contribution in [0.5, 0.6) is 0 Å². The van der Waals surface area contributed by atoms with Gasteiger partial charge in [0.2, 0.25) is 11.8 Å². The molecule has 154 valence electrons. The fourth-order valence-electron chi connectivity index (χ4n) is 3.55. The molecule has 2 aliphatic heterocycles. The number of anilines is 1. The van der Waals surface area contributed by atoms with Crippen LogP contribution >= 0.6 is 36.2 Å². The zero-order valence-corrected chi connectivity index (χ0v) is 17.9. The number of likely N-dealkylation sites (tertiary alicyclic amines) is 1. The topological polar surface area (TPSA) is 86.4 Å². The number of rotatable bonds is 6. The summed E-state index contributed by atoms with van der Waals surface area (Å²) in [5, 5.41) is 11.7. The Labute approximate surface area is 176 Å². The van der Waals surface area contributed by atoms with Crippen LogP contribution in [0.25, 0.3) is 0 Å². The summed E-state index contributed by atoms with van der Waals surface area (Å²) in [6.45, 7) is 5.31. The number of nitrogens with zero attached hydrogens (tertiary/aromatic N) is 2. The second-order valence-corrected chi connectivity index (χ2v) is 7.79. The summed E-state index contributed by atoms with van der Waals surface area (Å²) in [5.41, 5.74) is 0. The van der Waals surface area contributed by atoms with Gasteiger partial charge in [0, 0.05) is 24.7 Å². The number of nitrogens with one attached hydrogen (secondary N) is 3. The summed E-state index contributed by atoms with van der Waals surface area (Å²) in [6.07, 6.45) is 5.83. The zero-order chi connectivity index (χ0) is 17.6. The summed E-state index contributed by atoms with van der Waals surface area (Å²) >= 11 is 1.42. The fraction of sp³-hybridized carbons (Fsp3) is 0.706. The molecule has 0 aromatic carbocycles. The number of carbonyl (C=O) groups excluding carboxylic acids is 2. The smallest absolute Gasteiger partial charge is 0.243 e. The molecular formula is C17H29Cl2N5O2S. The summed E-state index contributed by atoms with van der Waals surface area (Å²) in [7, 11) is 0. The van der Waals surface area contributed by atoms with Gasteiger partial charge in [-0.3, -0.25) is 14.5 Å². The Bertz CT molecular complexity index is 584. The number of hydrogen-bond acceptors (Lipinski definition) is 6. The molecule has 0 spiro atoms. The predicted molar refractivity (Wildman–Crippen MR) is 113 cm³/mol. The van der Waals surface area contributed by atoms with E-state index in [9.17, 15) is 9.59 Å². The maximum absolute atomic E-state index is 12.4. The Balaban J connectivity index is 0.00000182. The second kappa shape index (κ2) is 11.8. The molecular weight excluding hydrogens is 409 g/mol. The average molecular weight is 438 g/mol. The normalized spacial score (nSPS) is 23.6. The van der Waals surface area contributed by atoms with Crippen LogP contribution in [0.4, 0.5) is 5.13 Å². The minimum Gasteiger partial charge on any atom is -0.354 e. The van der Waals surface area contributed by atoms with Crippen molar-refractivity contribution in [3.8, 4) is 0 Å². The van der Waals surface area contributed by atoms with Crippen molar-refractivity contribution in [1.29, 1.82) is 0 Å². The average Bonchev–Trinajstić information content (AvgIpc) is 3.33. The number of thiazole rings is 1. The Hall–Kier alpha value is -0.930. The molecule has 0 aliphatic carbocycles. The minimum absolute atomic E-state index is 0. The van der Waals surface area contributed by atoms with Gasteiger partial charge in [0.1, 0.15) is 0 Å². The third kappa shape index (κ3) is 6.87.